The van der Waals surface area contributed by atoms with Crippen molar-refractivity contribution in [3.8, 4) is 16.2 Å². The summed E-state index contributed by atoms with van der Waals surface area (Å²) in [6, 6.07) is 9.48. The van der Waals surface area contributed by atoms with E-state index in [1.165, 1.54) is 14.2 Å². The van der Waals surface area contributed by atoms with Gasteiger partial charge in [0, 0.05) is 4.88 Å². The molecule has 1 heterocycles. The van der Waals surface area contributed by atoms with Crippen LogP contribution in [0, 0.1) is 0 Å². The molecule has 0 atom stereocenters. The molecule has 0 amide bonds. The van der Waals surface area contributed by atoms with Crippen molar-refractivity contribution in [1.82, 2.24) is 0 Å². The Kier molecular flexibility index (Phi) is 3.44. The fourth-order valence-corrected chi connectivity index (χ4v) is 2.30. The van der Waals surface area contributed by atoms with Gasteiger partial charge in [-0.3, -0.25) is 0 Å². The summed E-state index contributed by atoms with van der Waals surface area (Å²) in [5.74, 6) is 0.136. The minimum absolute atomic E-state index is 0.389. The van der Waals surface area contributed by atoms with E-state index in [1.54, 1.807) is 23.5 Å². The van der Waals surface area contributed by atoms with Gasteiger partial charge < -0.3 is 9.47 Å². The molecule has 0 bridgehead atoms. The first-order chi connectivity index (χ1) is 8.26. The number of hydrogen-bond acceptors (Lipinski definition) is 4. The van der Waals surface area contributed by atoms with Gasteiger partial charge in [0.05, 0.1) is 14.2 Å². The van der Waals surface area contributed by atoms with Crippen molar-refractivity contribution in [3.63, 3.8) is 0 Å². The summed E-state index contributed by atoms with van der Waals surface area (Å²) in [5, 5.41) is 2.00. The monoisotopic (exact) mass is 248 g/mol. The maximum absolute atomic E-state index is 11.6. The van der Waals surface area contributed by atoms with Crippen molar-refractivity contribution >= 4 is 17.3 Å². The lowest BCUT2D eigenvalue weighted by Gasteiger charge is -2.08. The van der Waals surface area contributed by atoms with Gasteiger partial charge in [-0.25, -0.2) is 4.79 Å². The molecule has 0 saturated carbocycles. The predicted molar refractivity (Wildman–Crippen MR) is 67.6 cm³/mol. The predicted octanol–water partition coefficient (Wildman–Crippen LogP) is 3.21. The molecule has 0 spiro atoms. The van der Waals surface area contributed by atoms with E-state index in [-0.39, 0.29) is 5.97 Å². The highest BCUT2D eigenvalue weighted by molar-refractivity contribution is 7.13. The lowest BCUT2D eigenvalue weighted by Crippen LogP contribution is -2.04. The summed E-state index contributed by atoms with van der Waals surface area (Å²) < 4.78 is 9.88. The molecule has 0 aliphatic carbocycles. The number of thiophene rings is 1. The third-order valence-corrected chi connectivity index (χ3v) is 3.33. The van der Waals surface area contributed by atoms with Crippen LogP contribution in [0.15, 0.2) is 35.7 Å². The van der Waals surface area contributed by atoms with Crippen LogP contribution in [0.2, 0.25) is 0 Å². The standard InChI is InChI=1S/C13H12O3S/c1-15-11-6-5-9(12-4-3-7-17-12)8-10(11)13(14)16-2/h3-8H,1-2H3. The van der Waals surface area contributed by atoms with E-state index in [4.69, 9.17) is 9.47 Å². The van der Waals surface area contributed by atoms with E-state index < -0.39 is 0 Å². The maximum atomic E-state index is 11.6. The minimum atomic E-state index is -0.389. The van der Waals surface area contributed by atoms with Crippen LogP contribution in [-0.4, -0.2) is 20.2 Å². The Morgan fingerprint density at radius 1 is 1.24 bits per heavy atom. The zero-order chi connectivity index (χ0) is 12.3. The molecule has 17 heavy (non-hydrogen) atoms. The summed E-state index contributed by atoms with van der Waals surface area (Å²) in [6.45, 7) is 0. The highest BCUT2D eigenvalue weighted by atomic mass is 32.1. The van der Waals surface area contributed by atoms with Gasteiger partial charge in [0.15, 0.2) is 0 Å². The number of carbonyl (C=O) groups is 1. The number of benzene rings is 1. The molecular formula is C13H12O3S. The number of esters is 1. The molecular weight excluding hydrogens is 236 g/mol. The first kappa shape index (κ1) is 11.7. The van der Waals surface area contributed by atoms with Crippen molar-refractivity contribution in [2.75, 3.05) is 14.2 Å². The summed E-state index contributed by atoms with van der Waals surface area (Å²) in [5.41, 5.74) is 1.43. The largest absolute Gasteiger partial charge is 0.496 e. The third kappa shape index (κ3) is 2.31. The molecule has 1 aromatic heterocycles. The van der Waals surface area contributed by atoms with Crippen LogP contribution in [0.5, 0.6) is 5.75 Å². The van der Waals surface area contributed by atoms with Crippen molar-refractivity contribution < 1.29 is 14.3 Å². The topological polar surface area (TPSA) is 35.5 Å². The number of rotatable bonds is 3. The van der Waals surface area contributed by atoms with Crippen LogP contribution in [-0.2, 0) is 4.74 Å². The Balaban J connectivity index is 2.48. The van der Waals surface area contributed by atoms with E-state index in [0.29, 0.717) is 11.3 Å². The molecule has 0 N–H and O–H groups in total. The van der Waals surface area contributed by atoms with Crippen LogP contribution < -0.4 is 4.74 Å². The Bertz CT molecular complexity index is 517. The number of ether oxygens (including phenoxy) is 2. The average Bonchev–Trinajstić information content (AvgIpc) is 2.91. The molecule has 4 heteroatoms. The van der Waals surface area contributed by atoms with E-state index in [2.05, 4.69) is 0 Å². The van der Waals surface area contributed by atoms with E-state index in [0.717, 1.165) is 10.4 Å². The second-order valence-corrected chi connectivity index (χ2v) is 4.33. The molecule has 2 aromatic rings. The lowest BCUT2D eigenvalue weighted by molar-refractivity contribution is 0.0597. The molecule has 2 rings (SSSR count). The Hall–Kier alpha value is -1.81. The number of carbonyl (C=O) groups excluding carboxylic acids is 1. The highest BCUT2D eigenvalue weighted by Crippen LogP contribution is 2.29. The minimum Gasteiger partial charge on any atom is -0.496 e. The maximum Gasteiger partial charge on any atom is 0.341 e. The van der Waals surface area contributed by atoms with Crippen molar-refractivity contribution in [3.05, 3.63) is 41.3 Å². The van der Waals surface area contributed by atoms with Gasteiger partial charge in [0.2, 0.25) is 0 Å². The summed E-state index contributed by atoms with van der Waals surface area (Å²) in [6.07, 6.45) is 0. The quantitative estimate of drug-likeness (QED) is 0.782. The summed E-state index contributed by atoms with van der Waals surface area (Å²) in [4.78, 5) is 12.7. The van der Waals surface area contributed by atoms with Gasteiger partial charge in [-0.05, 0) is 35.2 Å². The van der Waals surface area contributed by atoms with Crippen LogP contribution in [0.4, 0.5) is 0 Å². The lowest BCUT2D eigenvalue weighted by atomic mass is 10.1. The van der Waals surface area contributed by atoms with Crippen molar-refractivity contribution in [1.29, 1.82) is 0 Å². The van der Waals surface area contributed by atoms with E-state index >= 15 is 0 Å². The zero-order valence-electron chi connectivity index (χ0n) is 9.60. The first-order valence-corrected chi connectivity index (χ1v) is 5.94. The Morgan fingerprint density at radius 2 is 2.06 bits per heavy atom. The van der Waals surface area contributed by atoms with Crippen LogP contribution in [0.3, 0.4) is 0 Å². The summed E-state index contributed by atoms with van der Waals surface area (Å²) in [7, 11) is 2.90. The Labute approximate surface area is 104 Å². The second kappa shape index (κ2) is 5.01. The molecule has 88 valence electrons. The van der Waals surface area contributed by atoms with Crippen LogP contribution in [0.1, 0.15) is 10.4 Å². The van der Waals surface area contributed by atoms with Gasteiger partial charge in [-0.15, -0.1) is 11.3 Å². The molecule has 0 unspecified atom stereocenters. The van der Waals surface area contributed by atoms with Crippen molar-refractivity contribution in [2.45, 2.75) is 0 Å². The number of methoxy groups -OCH3 is 2. The zero-order valence-corrected chi connectivity index (χ0v) is 10.4. The summed E-state index contributed by atoms with van der Waals surface area (Å²) >= 11 is 1.62. The fraction of sp³-hybridized carbons (Fsp3) is 0.154. The van der Waals surface area contributed by atoms with Crippen LogP contribution >= 0.6 is 11.3 Å². The van der Waals surface area contributed by atoms with Crippen LogP contribution in [0.25, 0.3) is 10.4 Å². The van der Waals surface area contributed by atoms with Crippen molar-refractivity contribution in [2.24, 2.45) is 0 Å². The SMILES string of the molecule is COC(=O)c1cc(-c2cccs2)ccc1OC. The molecule has 0 fully saturated rings. The second-order valence-electron chi connectivity index (χ2n) is 3.38. The smallest absolute Gasteiger partial charge is 0.341 e. The van der Waals surface area contributed by atoms with Gasteiger partial charge in [0.25, 0.3) is 0 Å². The Morgan fingerprint density at radius 3 is 2.65 bits per heavy atom. The normalized spacial score (nSPS) is 10.0. The van der Waals surface area contributed by atoms with E-state index in [1.807, 2.05) is 23.6 Å². The average molecular weight is 248 g/mol. The highest BCUT2D eigenvalue weighted by Gasteiger charge is 2.14. The van der Waals surface area contributed by atoms with Gasteiger partial charge in [0.1, 0.15) is 11.3 Å². The first-order valence-electron chi connectivity index (χ1n) is 5.06. The van der Waals surface area contributed by atoms with Gasteiger partial charge in [-0.1, -0.05) is 6.07 Å². The van der Waals surface area contributed by atoms with Gasteiger partial charge in [-0.2, -0.15) is 0 Å². The molecule has 0 saturated heterocycles. The molecule has 3 nitrogen and oxygen atoms in total. The van der Waals surface area contributed by atoms with Gasteiger partial charge >= 0.3 is 5.97 Å². The molecule has 0 aliphatic rings. The fourth-order valence-electron chi connectivity index (χ4n) is 1.57. The molecule has 0 aliphatic heterocycles. The number of hydrogen-bond donors (Lipinski definition) is 0. The molecule has 1 aromatic carbocycles. The van der Waals surface area contributed by atoms with E-state index in [9.17, 15) is 4.79 Å². The molecule has 0 radical (unpaired) electrons. The third-order valence-electron chi connectivity index (χ3n) is 2.41.